The summed E-state index contributed by atoms with van der Waals surface area (Å²) in [5.41, 5.74) is 2.25. The first-order chi connectivity index (χ1) is 12.4. The van der Waals surface area contributed by atoms with Crippen LogP contribution >= 0.6 is 0 Å². The van der Waals surface area contributed by atoms with Crippen molar-refractivity contribution in [2.45, 2.75) is 26.3 Å². The molecule has 1 saturated heterocycles. The molecule has 2 aromatic rings. The van der Waals surface area contributed by atoms with E-state index in [0.29, 0.717) is 24.3 Å². The van der Waals surface area contributed by atoms with Crippen molar-refractivity contribution in [2.24, 2.45) is 0 Å². The van der Waals surface area contributed by atoms with Gasteiger partial charge in [-0.15, -0.1) is 0 Å². The van der Waals surface area contributed by atoms with Crippen LogP contribution in [0.3, 0.4) is 0 Å². The van der Waals surface area contributed by atoms with Crippen molar-refractivity contribution in [3.63, 3.8) is 0 Å². The number of hydrogen-bond donors (Lipinski definition) is 1. The number of aromatic nitrogens is 1. The van der Waals surface area contributed by atoms with Crippen LogP contribution in [0.1, 0.15) is 29.3 Å². The van der Waals surface area contributed by atoms with Crippen molar-refractivity contribution in [1.82, 2.24) is 4.98 Å². The number of sulfone groups is 1. The number of aryl methyl sites for hydroxylation is 1. The third-order valence-electron chi connectivity index (χ3n) is 4.69. The molecule has 0 radical (unpaired) electrons. The standard InChI is InChI=1S/C19H23N3O3S/c1-3-22(16-9-11-26(24,25)13-16)18-12-15(8-10-20-18)19(23)21-17-7-5-4-6-14(17)2/h4-8,10,12,16H,3,9,11,13H2,1-2H3,(H,21,23). The fourth-order valence-corrected chi connectivity index (χ4v) is 4.98. The van der Waals surface area contributed by atoms with Crippen molar-refractivity contribution in [3.05, 3.63) is 53.7 Å². The number of anilines is 2. The summed E-state index contributed by atoms with van der Waals surface area (Å²) < 4.78 is 23.6. The summed E-state index contributed by atoms with van der Waals surface area (Å²) in [6.07, 6.45) is 2.19. The Morgan fingerprint density at radius 1 is 1.31 bits per heavy atom. The highest BCUT2D eigenvalue weighted by Gasteiger charge is 2.32. The molecule has 3 rings (SSSR count). The van der Waals surface area contributed by atoms with Crippen molar-refractivity contribution >= 4 is 27.2 Å². The third-order valence-corrected chi connectivity index (χ3v) is 6.44. The van der Waals surface area contributed by atoms with Gasteiger partial charge in [0.1, 0.15) is 5.82 Å². The molecule has 0 saturated carbocycles. The number of hydrogen-bond acceptors (Lipinski definition) is 5. The van der Waals surface area contributed by atoms with E-state index in [1.807, 2.05) is 43.0 Å². The van der Waals surface area contributed by atoms with Crippen LogP contribution in [0.5, 0.6) is 0 Å². The predicted octanol–water partition coefficient (Wildman–Crippen LogP) is 2.66. The lowest BCUT2D eigenvalue weighted by Crippen LogP contribution is -2.36. The van der Waals surface area contributed by atoms with Gasteiger partial charge in [0.15, 0.2) is 9.84 Å². The molecule has 1 N–H and O–H groups in total. The maximum absolute atomic E-state index is 12.6. The van der Waals surface area contributed by atoms with Crippen LogP contribution in [0, 0.1) is 6.92 Å². The quantitative estimate of drug-likeness (QED) is 0.872. The van der Waals surface area contributed by atoms with Gasteiger partial charge in [0.25, 0.3) is 5.91 Å². The lowest BCUT2D eigenvalue weighted by molar-refractivity contribution is 0.102. The fraction of sp³-hybridized carbons (Fsp3) is 0.368. The summed E-state index contributed by atoms with van der Waals surface area (Å²) in [6.45, 7) is 4.54. The number of amides is 1. The fourth-order valence-electron chi connectivity index (χ4n) is 3.25. The zero-order valence-electron chi connectivity index (χ0n) is 15.0. The lowest BCUT2D eigenvalue weighted by atomic mass is 10.1. The second kappa shape index (κ2) is 7.45. The van der Waals surface area contributed by atoms with Gasteiger partial charge < -0.3 is 10.2 Å². The molecule has 1 aromatic heterocycles. The Balaban J connectivity index is 1.81. The van der Waals surface area contributed by atoms with E-state index in [4.69, 9.17) is 0 Å². The van der Waals surface area contributed by atoms with Gasteiger partial charge in [-0.1, -0.05) is 18.2 Å². The van der Waals surface area contributed by atoms with Gasteiger partial charge in [0, 0.05) is 30.0 Å². The highest BCUT2D eigenvalue weighted by Crippen LogP contribution is 2.24. The number of para-hydroxylation sites is 1. The van der Waals surface area contributed by atoms with E-state index in [-0.39, 0.29) is 23.5 Å². The second-order valence-electron chi connectivity index (χ2n) is 6.51. The molecule has 1 aromatic carbocycles. The Kier molecular flexibility index (Phi) is 5.27. The minimum Gasteiger partial charge on any atom is -0.353 e. The first-order valence-corrected chi connectivity index (χ1v) is 10.5. The predicted molar refractivity (Wildman–Crippen MR) is 103 cm³/mol. The number of rotatable bonds is 5. The van der Waals surface area contributed by atoms with Gasteiger partial charge in [-0.3, -0.25) is 4.79 Å². The minimum atomic E-state index is -2.98. The zero-order valence-corrected chi connectivity index (χ0v) is 15.8. The van der Waals surface area contributed by atoms with Gasteiger partial charge in [0.05, 0.1) is 11.5 Å². The Morgan fingerprint density at radius 2 is 2.08 bits per heavy atom. The van der Waals surface area contributed by atoms with E-state index in [1.54, 1.807) is 18.3 Å². The van der Waals surface area contributed by atoms with E-state index in [2.05, 4.69) is 10.3 Å². The summed E-state index contributed by atoms with van der Waals surface area (Å²) in [7, 11) is -2.98. The molecule has 0 spiro atoms. The monoisotopic (exact) mass is 373 g/mol. The SMILES string of the molecule is CCN(c1cc(C(=O)Nc2ccccc2C)ccn1)C1CCS(=O)(=O)C1. The highest BCUT2D eigenvalue weighted by atomic mass is 32.2. The van der Waals surface area contributed by atoms with E-state index in [0.717, 1.165) is 11.3 Å². The lowest BCUT2D eigenvalue weighted by Gasteiger charge is -2.28. The first kappa shape index (κ1) is 18.4. The molecule has 1 fully saturated rings. The third kappa shape index (κ3) is 4.04. The average Bonchev–Trinajstić information content (AvgIpc) is 2.97. The number of nitrogens with zero attached hydrogens (tertiary/aromatic N) is 2. The largest absolute Gasteiger partial charge is 0.353 e. The molecule has 138 valence electrons. The van der Waals surface area contributed by atoms with Crippen LogP contribution in [0.15, 0.2) is 42.6 Å². The molecular formula is C19H23N3O3S. The number of benzene rings is 1. The van der Waals surface area contributed by atoms with Gasteiger partial charge >= 0.3 is 0 Å². The Labute approximate surface area is 154 Å². The number of nitrogens with one attached hydrogen (secondary N) is 1. The summed E-state index contributed by atoms with van der Waals surface area (Å²) in [6, 6.07) is 10.9. The van der Waals surface area contributed by atoms with Crippen molar-refractivity contribution in [3.8, 4) is 0 Å². The van der Waals surface area contributed by atoms with Gasteiger partial charge in [-0.2, -0.15) is 0 Å². The van der Waals surface area contributed by atoms with Crippen molar-refractivity contribution in [1.29, 1.82) is 0 Å². The smallest absolute Gasteiger partial charge is 0.255 e. The topological polar surface area (TPSA) is 79.4 Å². The van der Waals surface area contributed by atoms with Crippen LogP contribution in [-0.4, -0.2) is 43.4 Å². The summed E-state index contributed by atoms with van der Waals surface area (Å²) in [5.74, 6) is 0.772. The molecule has 1 unspecified atom stereocenters. The highest BCUT2D eigenvalue weighted by molar-refractivity contribution is 7.91. The number of pyridine rings is 1. The molecule has 0 aliphatic carbocycles. The second-order valence-corrected chi connectivity index (χ2v) is 8.74. The Morgan fingerprint density at radius 3 is 2.73 bits per heavy atom. The van der Waals surface area contributed by atoms with Gasteiger partial charge in [-0.25, -0.2) is 13.4 Å². The molecule has 6 nitrogen and oxygen atoms in total. The Bertz CT molecular complexity index is 912. The molecule has 2 heterocycles. The van der Waals surface area contributed by atoms with Crippen LogP contribution in [-0.2, 0) is 9.84 Å². The van der Waals surface area contributed by atoms with Crippen molar-refractivity contribution < 1.29 is 13.2 Å². The van der Waals surface area contributed by atoms with Gasteiger partial charge in [0.2, 0.25) is 0 Å². The number of carbonyl (C=O) groups excluding carboxylic acids is 1. The Hall–Kier alpha value is -2.41. The molecule has 0 bridgehead atoms. The van der Waals surface area contributed by atoms with Crippen LogP contribution in [0.4, 0.5) is 11.5 Å². The summed E-state index contributed by atoms with van der Waals surface area (Å²) in [5, 5.41) is 2.91. The van der Waals surface area contributed by atoms with Gasteiger partial charge in [-0.05, 0) is 44.0 Å². The summed E-state index contributed by atoms with van der Waals surface area (Å²) in [4.78, 5) is 18.9. The minimum absolute atomic E-state index is 0.0906. The molecule has 1 aliphatic heterocycles. The molecular weight excluding hydrogens is 350 g/mol. The first-order valence-electron chi connectivity index (χ1n) is 8.69. The zero-order chi connectivity index (χ0) is 18.7. The maximum atomic E-state index is 12.6. The van der Waals surface area contributed by atoms with E-state index in [1.165, 1.54) is 0 Å². The molecule has 1 amide bonds. The normalized spacial score (nSPS) is 18.5. The molecule has 7 heteroatoms. The average molecular weight is 373 g/mol. The van der Waals surface area contributed by atoms with Crippen LogP contribution in [0.25, 0.3) is 0 Å². The molecule has 26 heavy (non-hydrogen) atoms. The van der Waals surface area contributed by atoms with E-state index < -0.39 is 9.84 Å². The van der Waals surface area contributed by atoms with Crippen molar-refractivity contribution in [2.75, 3.05) is 28.3 Å². The molecule has 1 atom stereocenters. The number of carbonyl (C=O) groups is 1. The summed E-state index contributed by atoms with van der Waals surface area (Å²) >= 11 is 0. The van der Waals surface area contributed by atoms with Crippen LogP contribution in [0.2, 0.25) is 0 Å². The van der Waals surface area contributed by atoms with E-state index >= 15 is 0 Å². The molecule has 1 aliphatic rings. The van der Waals surface area contributed by atoms with Crippen LogP contribution < -0.4 is 10.2 Å². The van der Waals surface area contributed by atoms with E-state index in [9.17, 15) is 13.2 Å². The maximum Gasteiger partial charge on any atom is 0.255 e.